The molecule has 0 radical (unpaired) electrons. The topological polar surface area (TPSA) is 52.3 Å². The zero-order valence-electron chi connectivity index (χ0n) is 5.53. The van der Waals surface area contributed by atoms with Crippen LogP contribution in [0.1, 0.15) is 16.2 Å². The van der Waals surface area contributed by atoms with Crippen LogP contribution in [-0.2, 0) is 11.3 Å². The number of ether oxygens (including phenoxy) is 1. The number of hydrogen-bond donors (Lipinski definition) is 0. The Hall–Kier alpha value is -1.16. The van der Waals surface area contributed by atoms with E-state index >= 15 is 0 Å². The summed E-state index contributed by atoms with van der Waals surface area (Å²) in [4.78, 5) is 10.1. The van der Waals surface area contributed by atoms with E-state index in [1.165, 1.54) is 6.07 Å². The van der Waals surface area contributed by atoms with Gasteiger partial charge in [-0.25, -0.2) is 0 Å². The van der Waals surface area contributed by atoms with Crippen molar-refractivity contribution in [2.75, 3.05) is 7.11 Å². The molecule has 0 fully saturated rings. The third-order valence-electron chi connectivity index (χ3n) is 0.985. The van der Waals surface area contributed by atoms with Gasteiger partial charge < -0.3 is 9.26 Å². The molecular formula is C6H7NO3. The first-order valence-electron chi connectivity index (χ1n) is 2.76. The van der Waals surface area contributed by atoms with Crippen molar-refractivity contribution in [2.24, 2.45) is 0 Å². The Bertz CT molecular complexity index is 219. The van der Waals surface area contributed by atoms with Crippen LogP contribution in [0, 0.1) is 0 Å². The molecule has 0 spiro atoms. The Labute approximate surface area is 57.8 Å². The lowest BCUT2D eigenvalue weighted by molar-refractivity contribution is 0.111. The summed E-state index contributed by atoms with van der Waals surface area (Å²) in [6.45, 7) is 0.348. The van der Waals surface area contributed by atoms with Crippen LogP contribution < -0.4 is 0 Å². The number of aldehydes is 1. The van der Waals surface area contributed by atoms with Gasteiger partial charge in [-0.3, -0.25) is 4.79 Å². The van der Waals surface area contributed by atoms with Crippen LogP contribution in [0.4, 0.5) is 0 Å². The van der Waals surface area contributed by atoms with Crippen LogP contribution in [0.2, 0.25) is 0 Å². The first-order chi connectivity index (χ1) is 4.86. The number of aromatic nitrogens is 1. The lowest BCUT2D eigenvalue weighted by Gasteiger charge is -1.86. The highest BCUT2D eigenvalue weighted by molar-refractivity contribution is 5.71. The van der Waals surface area contributed by atoms with Gasteiger partial charge in [-0.05, 0) is 0 Å². The molecule has 0 amide bonds. The molecule has 1 aromatic heterocycles. The molecule has 0 unspecified atom stereocenters. The van der Waals surface area contributed by atoms with Crippen molar-refractivity contribution in [1.29, 1.82) is 0 Å². The van der Waals surface area contributed by atoms with E-state index in [1.54, 1.807) is 7.11 Å². The molecule has 0 N–H and O–H groups in total. The Morgan fingerprint density at radius 2 is 2.70 bits per heavy atom. The summed E-state index contributed by atoms with van der Waals surface area (Å²) in [6.07, 6.45) is 0.628. The van der Waals surface area contributed by atoms with Gasteiger partial charge in [0.2, 0.25) is 0 Å². The van der Waals surface area contributed by atoms with Crippen LogP contribution >= 0.6 is 0 Å². The fraction of sp³-hybridized carbons (Fsp3) is 0.333. The van der Waals surface area contributed by atoms with Gasteiger partial charge in [0.05, 0.1) is 0 Å². The summed E-state index contributed by atoms with van der Waals surface area (Å²) >= 11 is 0. The predicted octanol–water partition coefficient (Wildman–Crippen LogP) is 0.634. The zero-order chi connectivity index (χ0) is 7.40. The quantitative estimate of drug-likeness (QED) is 0.579. The van der Waals surface area contributed by atoms with E-state index in [4.69, 9.17) is 4.74 Å². The van der Waals surface area contributed by atoms with Crippen LogP contribution in [0.5, 0.6) is 0 Å². The van der Waals surface area contributed by atoms with E-state index in [9.17, 15) is 4.79 Å². The summed E-state index contributed by atoms with van der Waals surface area (Å²) in [5.41, 5.74) is 0.298. The summed E-state index contributed by atoms with van der Waals surface area (Å²) in [7, 11) is 1.54. The molecule has 0 aliphatic heterocycles. The molecule has 0 atom stereocenters. The van der Waals surface area contributed by atoms with Gasteiger partial charge in [-0.1, -0.05) is 5.16 Å². The Morgan fingerprint density at radius 1 is 1.90 bits per heavy atom. The molecular weight excluding hydrogens is 134 g/mol. The SMILES string of the molecule is COCc1cc(C=O)no1. The first-order valence-corrected chi connectivity index (χ1v) is 2.76. The maximum absolute atomic E-state index is 10.1. The highest BCUT2D eigenvalue weighted by Crippen LogP contribution is 2.01. The minimum Gasteiger partial charge on any atom is -0.377 e. The van der Waals surface area contributed by atoms with Crippen molar-refractivity contribution in [3.8, 4) is 0 Å². The molecule has 0 aliphatic rings. The van der Waals surface area contributed by atoms with Gasteiger partial charge in [0.15, 0.2) is 12.0 Å². The number of methoxy groups -OCH3 is 1. The maximum Gasteiger partial charge on any atom is 0.171 e. The Morgan fingerprint density at radius 3 is 3.20 bits per heavy atom. The van der Waals surface area contributed by atoms with Gasteiger partial charge in [0.1, 0.15) is 12.3 Å². The molecule has 4 heteroatoms. The van der Waals surface area contributed by atoms with Crippen LogP contribution in [0.15, 0.2) is 10.6 Å². The van der Waals surface area contributed by atoms with E-state index in [2.05, 4.69) is 9.68 Å². The second-order valence-electron chi connectivity index (χ2n) is 1.77. The van der Waals surface area contributed by atoms with Gasteiger partial charge >= 0.3 is 0 Å². The van der Waals surface area contributed by atoms with Crippen molar-refractivity contribution >= 4 is 6.29 Å². The Balaban J connectivity index is 2.68. The summed E-state index contributed by atoms with van der Waals surface area (Å²) in [5, 5.41) is 3.43. The number of nitrogens with zero attached hydrogens (tertiary/aromatic N) is 1. The van der Waals surface area contributed by atoms with Gasteiger partial charge in [0, 0.05) is 13.2 Å². The molecule has 0 bridgehead atoms. The highest BCUT2D eigenvalue weighted by Gasteiger charge is 2.00. The van der Waals surface area contributed by atoms with E-state index in [1.807, 2.05) is 0 Å². The van der Waals surface area contributed by atoms with Gasteiger partial charge in [-0.15, -0.1) is 0 Å². The van der Waals surface area contributed by atoms with Crippen molar-refractivity contribution < 1.29 is 14.1 Å². The molecule has 0 aliphatic carbocycles. The summed E-state index contributed by atoms with van der Waals surface area (Å²) < 4.78 is 9.43. The van der Waals surface area contributed by atoms with Crippen LogP contribution in [0.3, 0.4) is 0 Å². The average Bonchev–Trinajstić information content (AvgIpc) is 2.37. The third-order valence-corrected chi connectivity index (χ3v) is 0.985. The van der Waals surface area contributed by atoms with Crippen LogP contribution in [-0.4, -0.2) is 18.6 Å². The van der Waals surface area contributed by atoms with E-state index in [-0.39, 0.29) is 0 Å². The fourth-order valence-electron chi connectivity index (χ4n) is 0.595. The minimum atomic E-state index is 0.298. The number of hydrogen-bond acceptors (Lipinski definition) is 4. The molecule has 0 saturated heterocycles. The van der Waals surface area contributed by atoms with Crippen molar-refractivity contribution in [3.63, 3.8) is 0 Å². The second-order valence-corrected chi connectivity index (χ2v) is 1.77. The molecule has 54 valence electrons. The minimum absolute atomic E-state index is 0.298. The largest absolute Gasteiger partial charge is 0.377 e. The zero-order valence-corrected chi connectivity index (χ0v) is 5.53. The van der Waals surface area contributed by atoms with Crippen molar-refractivity contribution in [1.82, 2.24) is 5.16 Å². The number of carbonyl (C=O) groups excluding carboxylic acids is 1. The molecule has 0 aromatic carbocycles. The third kappa shape index (κ3) is 1.41. The Kier molecular flexibility index (Phi) is 2.17. The molecule has 4 nitrogen and oxygen atoms in total. The monoisotopic (exact) mass is 141 g/mol. The maximum atomic E-state index is 10.1. The van der Waals surface area contributed by atoms with Crippen molar-refractivity contribution in [3.05, 3.63) is 17.5 Å². The molecule has 1 heterocycles. The summed E-state index contributed by atoms with van der Waals surface area (Å²) in [6, 6.07) is 1.54. The number of rotatable bonds is 3. The van der Waals surface area contributed by atoms with Crippen molar-refractivity contribution in [2.45, 2.75) is 6.61 Å². The standard InChI is InChI=1S/C6H7NO3/c1-9-4-6-2-5(3-8)7-10-6/h2-3H,4H2,1H3. The van der Waals surface area contributed by atoms with E-state index in [0.29, 0.717) is 24.3 Å². The van der Waals surface area contributed by atoms with Gasteiger partial charge in [-0.2, -0.15) is 0 Å². The lowest BCUT2D eigenvalue weighted by Crippen LogP contribution is -1.82. The first kappa shape index (κ1) is 6.95. The molecule has 10 heavy (non-hydrogen) atoms. The fourth-order valence-corrected chi connectivity index (χ4v) is 0.595. The van der Waals surface area contributed by atoms with Gasteiger partial charge in [0.25, 0.3) is 0 Å². The smallest absolute Gasteiger partial charge is 0.171 e. The average molecular weight is 141 g/mol. The van der Waals surface area contributed by atoms with Crippen LogP contribution in [0.25, 0.3) is 0 Å². The second kappa shape index (κ2) is 3.12. The predicted molar refractivity (Wildman–Crippen MR) is 32.6 cm³/mol. The van der Waals surface area contributed by atoms with E-state index < -0.39 is 0 Å². The lowest BCUT2D eigenvalue weighted by atomic mass is 10.4. The van der Waals surface area contributed by atoms with E-state index in [0.717, 1.165) is 0 Å². The summed E-state index contributed by atoms with van der Waals surface area (Å²) in [5.74, 6) is 0.560. The molecule has 1 rings (SSSR count). The highest BCUT2D eigenvalue weighted by atomic mass is 16.5. The molecule has 1 aromatic rings. The molecule has 0 saturated carbocycles. The normalized spacial score (nSPS) is 9.70. The number of carbonyl (C=O) groups is 1.